The van der Waals surface area contributed by atoms with Crippen molar-refractivity contribution in [2.24, 2.45) is 0 Å². The molecule has 7 heteroatoms. The predicted molar refractivity (Wildman–Crippen MR) is 83.0 cm³/mol. The van der Waals surface area contributed by atoms with E-state index in [2.05, 4.69) is 4.98 Å². The van der Waals surface area contributed by atoms with Gasteiger partial charge in [0.1, 0.15) is 6.54 Å². The first-order valence-electron chi connectivity index (χ1n) is 8.02. The molecule has 1 saturated carbocycles. The Balaban J connectivity index is 1.77. The van der Waals surface area contributed by atoms with Crippen molar-refractivity contribution in [3.05, 3.63) is 18.7 Å². The van der Waals surface area contributed by atoms with Crippen LogP contribution in [0.25, 0.3) is 0 Å². The number of nitrogens with zero attached hydrogens (tertiary/aromatic N) is 3. The quantitative estimate of drug-likeness (QED) is 0.835. The number of hydrogen-bond acceptors (Lipinski definition) is 4. The van der Waals surface area contributed by atoms with Gasteiger partial charge in [0.05, 0.1) is 17.8 Å². The fourth-order valence-corrected chi connectivity index (χ4v) is 5.39. The molecule has 6 nitrogen and oxygen atoms in total. The van der Waals surface area contributed by atoms with Gasteiger partial charge < -0.3 is 9.47 Å². The maximum atomic E-state index is 12.8. The molecule has 1 aromatic rings. The molecule has 3 rings (SSSR count). The summed E-state index contributed by atoms with van der Waals surface area (Å²) in [7, 11) is -2.99. The minimum atomic E-state index is -2.99. The van der Waals surface area contributed by atoms with Gasteiger partial charge in [0.25, 0.3) is 0 Å². The molecule has 0 aromatic carbocycles. The number of carbonyl (C=O) groups excluding carboxylic acids is 1. The summed E-state index contributed by atoms with van der Waals surface area (Å²) in [4.78, 5) is 18.6. The normalized spacial score (nSPS) is 25.2. The first-order chi connectivity index (χ1) is 10.6. The van der Waals surface area contributed by atoms with Crippen molar-refractivity contribution in [1.29, 1.82) is 0 Å². The maximum Gasteiger partial charge on any atom is 0.243 e. The third-order valence-corrected chi connectivity index (χ3v) is 6.49. The smallest absolute Gasteiger partial charge is 0.243 e. The number of amides is 1. The molecule has 122 valence electrons. The van der Waals surface area contributed by atoms with Crippen molar-refractivity contribution < 1.29 is 13.2 Å². The highest BCUT2D eigenvalue weighted by molar-refractivity contribution is 7.91. The monoisotopic (exact) mass is 325 g/mol. The van der Waals surface area contributed by atoms with Crippen LogP contribution in [-0.2, 0) is 21.2 Å². The summed E-state index contributed by atoms with van der Waals surface area (Å²) < 4.78 is 25.4. The maximum absolute atomic E-state index is 12.8. The summed E-state index contributed by atoms with van der Waals surface area (Å²) in [5.74, 6) is 0.352. The molecular formula is C15H23N3O3S. The van der Waals surface area contributed by atoms with Crippen LogP contribution in [-0.4, -0.2) is 52.4 Å². The molecule has 0 bridgehead atoms. The molecule has 2 aliphatic rings. The van der Waals surface area contributed by atoms with Crippen molar-refractivity contribution in [2.75, 3.05) is 11.5 Å². The van der Waals surface area contributed by atoms with Crippen molar-refractivity contribution in [2.45, 2.75) is 57.2 Å². The molecule has 2 heterocycles. The molecule has 22 heavy (non-hydrogen) atoms. The van der Waals surface area contributed by atoms with Crippen LogP contribution in [0.15, 0.2) is 18.7 Å². The van der Waals surface area contributed by atoms with Crippen LogP contribution >= 0.6 is 0 Å². The van der Waals surface area contributed by atoms with E-state index in [1.54, 1.807) is 23.3 Å². The van der Waals surface area contributed by atoms with Gasteiger partial charge in [-0.25, -0.2) is 13.4 Å². The molecule has 1 unspecified atom stereocenters. The van der Waals surface area contributed by atoms with E-state index < -0.39 is 9.84 Å². The van der Waals surface area contributed by atoms with E-state index in [1.807, 2.05) is 4.90 Å². The summed E-state index contributed by atoms with van der Waals surface area (Å²) in [6, 6.07) is 0.0483. The zero-order chi connectivity index (χ0) is 15.6. The number of imidazole rings is 1. The number of carbonyl (C=O) groups is 1. The zero-order valence-electron chi connectivity index (χ0n) is 12.7. The van der Waals surface area contributed by atoms with Crippen LogP contribution in [0.1, 0.15) is 38.5 Å². The minimum absolute atomic E-state index is 0.0204. The molecule has 0 spiro atoms. The van der Waals surface area contributed by atoms with E-state index in [0.717, 1.165) is 25.7 Å². The highest BCUT2D eigenvalue weighted by atomic mass is 32.2. The second kappa shape index (κ2) is 6.40. The minimum Gasteiger partial charge on any atom is -0.334 e. The molecule has 2 fully saturated rings. The van der Waals surface area contributed by atoms with Gasteiger partial charge in [-0.2, -0.15) is 0 Å². The average Bonchev–Trinajstić information content (AvgIpc) is 3.10. The first kappa shape index (κ1) is 15.5. The number of rotatable bonds is 4. The van der Waals surface area contributed by atoms with Gasteiger partial charge in [-0.05, 0) is 19.3 Å². The molecule has 0 radical (unpaired) electrons. The lowest BCUT2D eigenvalue weighted by molar-refractivity contribution is -0.137. The molecule has 1 saturated heterocycles. The highest BCUT2D eigenvalue weighted by Gasteiger charge is 2.38. The Kier molecular flexibility index (Phi) is 4.52. The molecule has 1 aliphatic heterocycles. The fraction of sp³-hybridized carbons (Fsp3) is 0.733. The van der Waals surface area contributed by atoms with E-state index in [1.165, 1.54) is 6.42 Å². The summed E-state index contributed by atoms with van der Waals surface area (Å²) in [5, 5.41) is 0. The van der Waals surface area contributed by atoms with Gasteiger partial charge in [0, 0.05) is 24.5 Å². The van der Waals surface area contributed by atoms with Gasteiger partial charge in [-0.3, -0.25) is 4.79 Å². The van der Waals surface area contributed by atoms with Crippen LogP contribution in [0, 0.1) is 0 Å². The van der Waals surface area contributed by atoms with Gasteiger partial charge >= 0.3 is 0 Å². The SMILES string of the molecule is O=C(Cn1ccnc1)N(C1CCCCC1)C1CCS(=O)(=O)C1. The van der Waals surface area contributed by atoms with Crippen molar-refractivity contribution in [3.8, 4) is 0 Å². The van der Waals surface area contributed by atoms with Crippen LogP contribution in [0.4, 0.5) is 0 Å². The molecule has 1 aliphatic carbocycles. The van der Waals surface area contributed by atoms with Gasteiger partial charge in [-0.15, -0.1) is 0 Å². The van der Waals surface area contributed by atoms with Gasteiger partial charge in [-0.1, -0.05) is 19.3 Å². The Hall–Kier alpha value is -1.37. The second-order valence-corrected chi connectivity index (χ2v) is 8.61. The van der Waals surface area contributed by atoms with E-state index in [9.17, 15) is 13.2 Å². The van der Waals surface area contributed by atoms with Gasteiger partial charge in [0.15, 0.2) is 9.84 Å². The summed E-state index contributed by atoms with van der Waals surface area (Å²) in [6.07, 6.45) is 11.1. The average molecular weight is 325 g/mol. The topological polar surface area (TPSA) is 72.3 Å². The summed E-state index contributed by atoms with van der Waals surface area (Å²) in [6.45, 7) is 0.243. The number of sulfone groups is 1. The third kappa shape index (κ3) is 3.51. The highest BCUT2D eigenvalue weighted by Crippen LogP contribution is 2.28. The second-order valence-electron chi connectivity index (χ2n) is 6.38. The number of hydrogen-bond donors (Lipinski definition) is 0. The van der Waals surface area contributed by atoms with E-state index in [4.69, 9.17) is 0 Å². The van der Waals surface area contributed by atoms with Crippen LogP contribution in [0.3, 0.4) is 0 Å². The lowest BCUT2D eigenvalue weighted by Crippen LogP contribution is -2.49. The van der Waals surface area contributed by atoms with Crippen molar-refractivity contribution in [1.82, 2.24) is 14.5 Å². The Labute approximate surface area is 131 Å². The van der Waals surface area contributed by atoms with Gasteiger partial charge in [0.2, 0.25) is 5.91 Å². The Morgan fingerprint density at radius 2 is 1.95 bits per heavy atom. The van der Waals surface area contributed by atoms with Crippen LogP contribution in [0.2, 0.25) is 0 Å². The zero-order valence-corrected chi connectivity index (χ0v) is 13.5. The van der Waals surface area contributed by atoms with Crippen LogP contribution in [0.5, 0.6) is 0 Å². The number of aromatic nitrogens is 2. The van der Waals surface area contributed by atoms with Crippen molar-refractivity contribution >= 4 is 15.7 Å². The van der Waals surface area contributed by atoms with Crippen molar-refractivity contribution in [3.63, 3.8) is 0 Å². The lowest BCUT2D eigenvalue weighted by atomic mass is 9.93. The fourth-order valence-electron chi connectivity index (χ4n) is 3.68. The molecule has 0 N–H and O–H groups in total. The standard InChI is InChI=1S/C15H23N3O3S/c19-15(10-17-8-7-16-12-17)18(13-4-2-1-3-5-13)14-6-9-22(20,21)11-14/h7-8,12-14H,1-6,9-11H2. The Morgan fingerprint density at radius 3 is 2.55 bits per heavy atom. The Morgan fingerprint density at radius 1 is 1.18 bits per heavy atom. The Bertz CT molecular complexity index is 606. The summed E-state index contributed by atoms with van der Waals surface area (Å²) >= 11 is 0. The molecular weight excluding hydrogens is 302 g/mol. The first-order valence-corrected chi connectivity index (χ1v) is 9.85. The third-order valence-electron chi connectivity index (χ3n) is 4.73. The summed E-state index contributed by atoms with van der Waals surface area (Å²) in [5.41, 5.74) is 0. The van der Waals surface area contributed by atoms with Crippen LogP contribution < -0.4 is 0 Å². The lowest BCUT2D eigenvalue weighted by Gasteiger charge is -2.38. The molecule has 1 aromatic heterocycles. The largest absolute Gasteiger partial charge is 0.334 e. The van der Waals surface area contributed by atoms with E-state index >= 15 is 0 Å². The van der Waals surface area contributed by atoms with E-state index in [0.29, 0.717) is 6.42 Å². The molecule has 1 atom stereocenters. The van der Waals surface area contributed by atoms with E-state index in [-0.39, 0.29) is 36.0 Å². The molecule has 1 amide bonds. The predicted octanol–water partition coefficient (Wildman–Crippen LogP) is 1.23.